The lowest BCUT2D eigenvalue weighted by atomic mass is 9.86. The Morgan fingerprint density at radius 3 is 2.47 bits per heavy atom. The molecule has 0 saturated carbocycles. The quantitative estimate of drug-likeness (QED) is 0.820. The number of methoxy groups -OCH3 is 1. The lowest BCUT2D eigenvalue weighted by molar-refractivity contribution is -0.116. The van der Waals surface area contributed by atoms with Crippen molar-refractivity contribution in [3.05, 3.63) is 17.7 Å². The molecule has 0 aliphatic carbocycles. The zero-order chi connectivity index (χ0) is 14.6. The van der Waals surface area contributed by atoms with Gasteiger partial charge >= 0.3 is 0 Å². The number of amides is 1. The monoisotopic (exact) mass is 264 g/mol. The maximum absolute atomic E-state index is 11.7. The molecule has 1 aromatic rings. The Morgan fingerprint density at radius 2 is 2.00 bits per heavy atom. The molecule has 1 rings (SSSR count). The van der Waals surface area contributed by atoms with Crippen LogP contribution in [0.3, 0.4) is 0 Å². The van der Waals surface area contributed by atoms with Crippen LogP contribution in [-0.2, 0) is 10.2 Å². The predicted octanol–water partition coefficient (Wildman–Crippen LogP) is 3.31. The van der Waals surface area contributed by atoms with Gasteiger partial charge in [-0.25, -0.2) is 0 Å². The van der Waals surface area contributed by atoms with E-state index in [-0.39, 0.29) is 11.3 Å². The molecule has 0 unspecified atom stereocenters. The molecule has 4 nitrogen and oxygen atoms in total. The first kappa shape index (κ1) is 15.3. The molecule has 0 radical (unpaired) electrons. The first-order chi connectivity index (χ1) is 8.79. The summed E-state index contributed by atoms with van der Waals surface area (Å²) >= 11 is 0. The van der Waals surface area contributed by atoms with E-state index in [1.807, 2.05) is 19.1 Å². The normalized spacial score (nSPS) is 11.2. The van der Waals surface area contributed by atoms with Gasteiger partial charge < -0.3 is 15.8 Å². The summed E-state index contributed by atoms with van der Waals surface area (Å²) < 4.78 is 5.28. The first-order valence-corrected chi connectivity index (χ1v) is 6.57. The van der Waals surface area contributed by atoms with E-state index in [4.69, 9.17) is 10.5 Å². The molecule has 0 spiro atoms. The lowest BCUT2D eigenvalue weighted by Gasteiger charge is -2.22. The SMILES string of the molecule is CCCC(=O)Nc1cc(C(C)(C)C)cc(N)c1OC. The molecule has 0 aromatic heterocycles. The van der Waals surface area contributed by atoms with Gasteiger partial charge in [0.25, 0.3) is 0 Å². The highest BCUT2D eigenvalue weighted by atomic mass is 16.5. The second kappa shape index (κ2) is 5.95. The van der Waals surface area contributed by atoms with Crippen molar-refractivity contribution in [2.75, 3.05) is 18.2 Å². The second-order valence-electron chi connectivity index (χ2n) is 5.69. The van der Waals surface area contributed by atoms with E-state index in [9.17, 15) is 4.79 Å². The zero-order valence-electron chi connectivity index (χ0n) is 12.5. The highest BCUT2D eigenvalue weighted by molar-refractivity contribution is 5.93. The summed E-state index contributed by atoms with van der Waals surface area (Å²) in [5.74, 6) is 0.503. The van der Waals surface area contributed by atoms with Gasteiger partial charge in [0.1, 0.15) is 0 Å². The van der Waals surface area contributed by atoms with Crippen LogP contribution in [0.25, 0.3) is 0 Å². The summed E-state index contributed by atoms with van der Waals surface area (Å²) in [7, 11) is 1.55. The molecule has 0 bridgehead atoms. The average Bonchev–Trinajstić information content (AvgIpc) is 2.27. The van der Waals surface area contributed by atoms with Gasteiger partial charge in [0, 0.05) is 6.42 Å². The third-order valence-corrected chi connectivity index (χ3v) is 2.94. The molecule has 1 aromatic carbocycles. The molecule has 0 fully saturated rings. The van der Waals surface area contributed by atoms with Crippen molar-refractivity contribution in [2.45, 2.75) is 46.0 Å². The van der Waals surface area contributed by atoms with Crippen molar-refractivity contribution in [2.24, 2.45) is 0 Å². The van der Waals surface area contributed by atoms with E-state index in [1.54, 1.807) is 7.11 Å². The molecule has 0 atom stereocenters. The average molecular weight is 264 g/mol. The van der Waals surface area contributed by atoms with Gasteiger partial charge in [-0.1, -0.05) is 27.7 Å². The van der Waals surface area contributed by atoms with E-state index in [0.29, 0.717) is 23.5 Å². The molecule has 19 heavy (non-hydrogen) atoms. The van der Waals surface area contributed by atoms with Crippen molar-refractivity contribution in [3.63, 3.8) is 0 Å². The Hall–Kier alpha value is -1.71. The molecule has 0 saturated heterocycles. The van der Waals surface area contributed by atoms with Crippen LogP contribution in [0.2, 0.25) is 0 Å². The Kier molecular flexibility index (Phi) is 4.81. The number of carbonyl (C=O) groups is 1. The number of nitrogens with two attached hydrogens (primary N) is 1. The maximum atomic E-state index is 11.7. The standard InChI is InChI=1S/C15H24N2O2/c1-6-7-13(18)17-12-9-10(15(2,3)4)8-11(16)14(12)19-5/h8-9H,6-7,16H2,1-5H3,(H,17,18). The van der Waals surface area contributed by atoms with Gasteiger partial charge in [0.05, 0.1) is 18.5 Å². The van der Waals surface area contributed by atoms with Gasteiger partial charge in [-0.3, -0.25) is 4.79 Å². The van der Waals surface area contributed by atoms with Gasteiger partial charge in [0.2, 0.25) is 5.91 Å². The van der Waals surface area contributed by atoms with Crippen LogP contribution < -0.4 is 15.8 Å². The van der Waals surface area contributed by atoms with Gasteiger partial charge in [-0.05, 0) is 29.5 Å². The number of benzene rings is 1. The fourth-order valence-corrected chi connectivity index (χ4v) is 1.84. The Labute approximate surface area is 115 Å². The van der Waals surface area contributed by atoms with Crippen molar-refractivity contribution < 1.29 is 9.53 Å². The summed E-state index contributed by atoms with van der Waals surface area (Å²) in [5, 5.41) is 2.87. The third-order valence-electron chi connectivity index (χ3n) is 2.94. The minimum atomic E-state index is -0.0371. The van der Waals surface area contributed by atoms with E-state index < -0.39 is 0 Å². The largest absolute Gasteiger partial charge is 0.492 e. The first-order valence-electron chi connectivity index (χ1n) is 6.57. The number of hydrogen-bond donors (Lipinski definition) is 2. The van der Waals surface area contributed by atoms with Gasteiger partial charge in [0.15, 0.2) is 5.75 Å². The highest BCUT2D eigenvalue weighted by Gasteiger charge is 2.19. The van der Waals surface area contributed by atoms with Gasteiger partial charge in [-0.2, -0.15) is 0 Å². The molecule has 4 heteroatoms. The fourth-order valence-electron chi connectivity index (χ4n) is 1.84. The molecular weight excluding hydrogens is 240 g/mol. The number of anilines is 2. The smallest absolute Gasteiger partial charge is 0.224 e. The van der Waals surface area contributed by atoms with E-state index in [1.165, 1.54) is 0 Å². The summed E-state index contributed by atoms with van der Waals surface area (Å²) in [6.45, 7) is 8.28. The van der Waals surface area contributed by atoms with Crippen LogP contribution in [0.15, 0.2) is 12.1 Å². The van der Waals surface area contributed by atoms with Crippen molar-refractivity contribution >= 4 is 17.3 Å². The summed E-state index contributed by atoms with van der Waals surface area (Å²) in [6, 6.07) is 3.83. The van der Waals surface area contributed by atoms with Crippen LogP contribution >= 0.6 is 0 Å². The van der Waals surface area contributed by atoms with E-state index in [2.05, 4.69) is 26.1 Å². The van der Waals surface area contributed by atoms with Crippen LogP contribution in [0.5, 0.6) is 5.75 Å². The highest BCUT2D eigenvalue weighted by Crippen LogP contribution is 2.36. The van der Waals surface area contributed by atoms with Crippen LogP contribution in [0.4, 0.5) is 11.4 Å². The molecular formula is C15H24N2O2. The van der Waals surface area contributed by atoms with Crippen molar-refractivity contribution in [1.29, 1.82) is 0 Å². The van der Waals surface area contributed by atoms with Crippen LogP contribution in [0.1, 0.15) is 46.1 Å². The van der Waals surface area contributed by atoms with Crippen LogP contribution in [-0.4, -0.2) is 13.0 Å². The number of nitrogen functional groups attached to an aromatic ring is 1. The molecule has 0 aliphatic rings. The third kappa shape index (κ3) is 3.88. The van der Waals surface area contributed by atoms with Crippen molar-refractivity contribution in [3.8, 4) is 5.75 Å². The zero-order valence-corrected chi connectivity index (χ0v) is 12.5. The lowest BCUT2D eigenvalue weighted by Crippen LogP contribution is -2.16. The Bertz CT molecular complexity index is 462. The maximum Gasteiger partial charge on any atom is 0.224 e. The molecule has 106 valence electrons. The minimum Gasteiger partial charge on any atom is -0.492 e. The van der Waals surface area contributed by atoms with E-state index >= 15 is 0 Å². The summed E-state index contributed by atoms with van der Waals surface area (Å²) in [5.41, 5.74) is 8.22. The topological polar surface area (TPSA) is 64.4 Å². The molecule has 0 heterocycles. The number of nitrogens with one attached hydrogen (secondary N) is 1. The Balaban J connectivity index is 3.19. The predicted molar refractivity (Wildman–Crippen MR) is 79.6 cm³/mol. The molecule has 0 aliphatic heterocycles. The minimum absolute atomic E-state index is 0.0220. The van der Waals surface area contributed by atoms with Gasteiger partial charge in [-0.15, -0.1) is 0 Å². The molecule has 1 amide bonds. The number of hydrogen-bond acceptors (Lipinski definition) is 3. The number of rotatable bonds is 4. The summed E-state index contributed by atoms with van der Waals surface area (Å²) in [6.07, 6.45) is 1.30. The number of carbonyl (C=O) groups excluding carboxylic acids is 1. The molecule has 3 N–H and O–H groups in total. The fraction of sp³-hybridized carbons (Fsp3) is 0.533. The van der Waals surface area contributed by atoms with Crippen LogP contribution in [0, 0.1) is 0 Å². The summed E-state index contributed by atoms with van der Waals surface area (Å²) in [4.78, 5) is 11.7. The van der Waals surface area contributed by atoms with E-state index in [0.717, 1.165) is 12.0 Å². The number of ether oxygens (including phenoxy) is 1. The van der Waals surface area contributed by atoms with Crippen molar-refractivity contribution in [1.82, 2.24) is 0 Å². The second-order valence-corrected chi connectivity index (χ2v) is 5.69. The Morgan fingerprint density at radius 1 is 1.37 bits per heavy atom.